The van der Waals surface area contributed by atoms with Crippen LogP contribution in [0.3, 0.4) is 0 Å². The first-order valence-electron chi connectivity index (χ1n) is 7.82. The molecule has 4 heteroatoms. The molecule has 2 atom stereocenters. The van der Waals surface area contributed by atoms with Crippen molar-refractivity contribution in [3.63, 3.8) is 0 Å². The number of hydrogen-bond acceptors (Lipinski definition) is 3. The normalized spacial score (nSPS) is 19.4. The lowest BCUT2D eigenvalue weighted by molar-refractivity contribution is -0.131. The number of hydrogen-bond donors (Lipinski definition) is 0. The maximum absolute atomic E-state index is 12.8. The van der Waals surface area contributed by atoms with E-state index in [-0.39, 0.29) is 11.2 Å². The second-order valence-electron chi connectivity index (χ2n) is 5.43. The van der Waals surface area contributed by atoms with Crippen LogP contribution in [0.1, 0.15) is 26.7 Å². The highest BCUT2D eigenvalue weighted by molar-refractivity contribution is 8.00. The molecule has 0 spiro atoms. The fourth-order valence-corrected chi connectivity index (χ4v) is 3.65. The van der Waals surface area contributed by atoms with Crippen molar-refractivity contribution in [2.24, 2.45) is 5.92 Å². The van der Waals surface area contributed by atoms with Crippen molar-refractivity contribution in [3.8, 4) is 0 Å². The summed E-state index contributed by atoms with van der Waals surface area (Å²) in [5.74, 6) is 0.772. The lowest BCUT2D eigenvalue weighted by atomic mass is 10.1. The third-order valence-corrected chi connectivity index (χ3v) is 5.23. The Morgan fingerprint density at radius 2 is 2.14 bits per heavy atom. The lowest BCUT2D eigenvalue weighted by Gasteiger charge is -2.27. The second-order valence-corrected chi connectivity index (χ2v) is 6.71. The van der Waals surface area contributed by atoms with E-state index >= 15 is 0 Å². The largest absolute Gasteiger partial charge is 0.381 e. The van der Waals surface area contributed by atoms with Gasteiger partial charge in [0.15, 0.2) is 0 Å². The molecule has 21 heavy (non-hydrogen) atoms. The van der Waals surface area contributed by atoms with Gasteiger partial charge in [-0.05, 0) is 31.9 Å². The molecule has 1 heterocycles. The van der Waals surface area contributed by atoms with Crippen molar-refractivity contribution in [1.29, 1.82) is 0 Å². The summed E-state index contributed by atoms with van der Waals surface area (Å²) in [5, 5.41) is 0.00896. The van der Waals surface area contributed by atoms with E-state index in [1.54, 1.807) is 11.8 Å². The fraction of sp³-hybridized carbons (Fsp3) is 0.588. The molecule has 3 nitrogen and oxygen atoms in total. The third kappa shape index (κ3) is 4.75. The third-order valence-electron chi connectivity index (χ3n) is 3.86. The summed E-state index contributed by atoms with van der Waals surface area (Å²) in [5.41, 5.74) is 0. The van der Waals surface area contributed by atoms with Gasteiger partial charge in [-0.2, -0.15) is 0 Å². The molecule has 0 aromatic heterocycles. The molecular weight excluding hydrogens is 282 g/mol. The van der Waals surface area contributed by atoms with Gasteiger partial charge in [0.05, 0.1) is 11.9 Å². The van der Waals surface area contributed by atoms with Gasteiger partial charge in [-0.3, -0.25) is 4.79 Å². The monoisotopic (exact) mass is 307 g/mol. The Labute approximate surface area is 132 Å². The van der Waals surface area contributed by atoms with Crippen LogP contribution < -0.4 is 0 Å². The second kappa shape index (κ2) is 8.44. The molecule has 1 aromatic rings. The van der Waals surface area contributed by atoms with Crippen LogP contribution in [0.5, 0.6) is 0 Å². The van der Waals surface area contributed by atoms with E-state index in [0.29, 0.717) is 5.92 Å². The van der Waals surface area contributed by atoms with Crippen molar-refractivity contribution in [3.05, 3.63) is 30.3 Å². The summed E-state index contributed by atoms with van der Waals surface area (Å²) in [6, 6.07) is 10.2. The number of carbonyl (C=O) groups is 1. The SMILES string of the molecule is CC[C@@H](Sc1ccccc1)C(=O)N(CC)C[C@@H]1CCOC1. The predicted octanol–water partition coefficient (Wildman–Crippen LogP) is 3.44. The van der Waals surface area contributed by atoms with Crippen molar-refractivity contribution >= 4 is 17.7 Å². The molecule has 1 amide bonds. The van der Waals surface area contributed by atoms with Crippen LogP contribution in [0.25, 0.3) is 0 Å². The quantitative estimate of drug-likeness (QED) is 0.723. The zero-order valence-electron chi connectivity index (χ0n) is 13.0. The Morgan fingerprint density at radius 3 is 2.71 bits per heavy atom. The zero-order chi connectivity index (χ0) is 15.1. The van der Waals surface area contributed by atoms with E-state index in [1.165, 1.54) is 0 Å². The van der Waals surface area contributed by atoms with E-state index in [9.17, 15) is 4.79 Å². The van der Waals surface area contributed by atoms with Gasteiger partial charge in [-0.1, -0.05) is 25.1 Å². The van der Waals surface area contributed by atoms with Crippen LogP contribution in [0, 0.1) is 5.92 Å². The molecule has 1 fully saturated rings. The first kappa shape index (κ1) is 16.4. The predicted molar refractivity (Wildman–Crippen MR) is 87.6 cm³/mol. The van der Waals surface area contributed by atoms with Crippen LogP contribution in [-0.4, -0.2) is 42.4 Å². The van der Waals surface area contributed by atoms with E-state index in [2.05, 4.69) is 26.0 Å². The summed E-state index contributed by atoms with van der Waals surface area (Å²) < 4.78 is 5.42. The molecule has 1 saturated heterocycles. The minimum absolute atomic E-state index is 0.00896. The Bertz CT molecular complexity index is 432. The lowest BCUT2D eigenvalue weighted by Crippen LogP contribution is -2.40. The average molecular weight is 307 g/mol. The van der Waals surface area contributed by atoms with Crippen molar-refractivity contribution in [1.82, 2.24) is 4.90 Å². The van der Waals surface area contributed by atoms with Crippen LogP contribution in [0.15, 0.2) is 35.2 Å². The van der Waals surface area contributed by atoms with Gasteiger partial charge >= 0.3 is 0 Å². The van der Waals surface area contributed by atoms with E-state index in [4.69, 9.17) is 4.74 Å². The number of ether oxygens (including phenoxy) is 1. The van der Waals surface area contributed by atoms with Gasteiger partial charge in [0.2, 0.25) is 5.91 Å². The van der Waals surface area contributed by atoms with Crippen LogP contribution in [-0.2, 0) is 9.53 Å². The summed E-state index contributed by atoms with van der Waals surface area (Å²) in [4.78, 5) is 15.9. The molecule has 0 bridgehead atoms. The Kier molecular flexibility index (Phi) is 6.58. The summed E-state index contributed by atoms with van der Waals surface area (Å²) in [6.07, 6.45) is 1.93. The topological polar surface area (TPSA) is 29.5 Å². The van der Waals surface area contributed by atoms with E-state index in [1.807, 2.05) is 23.1 Å². The number of rotatable bonds is 7. The van der Waals surface area contributed by atoms with Crippen LogP contribution in [0.4, 0.5) is 0 Å². The van der Waals surface area contributed by atoms with Gasteiger partial charge in [0, 0.05) is 30.5 Å². The number of benzene rings is 1. The molecular formula is C17H25NO2S. The molecule has 1 aromatic carbocycles. The smallest absolute Gasteiger partial charge is 0.236 e. The Hall–Kier alpha value is -1.00. The fourth-order valence-electron chi connectivity index (χ4n) is 2.59. The first-order chi connectivity index (χ1) is 10.2. The number of thioether (sulfide) groups is 1. The van der Waals surface area contributed by atoms with Crippen molar-refractivity contribution < 1.29 is 9.53 Å². The molecule has 0 radical (unpaired) electrons. The van der Waals surface area contributed by atoms with E-state index in [0.717, 1.165) is 44.0 Å². The van der Waals surface area contributed by atoms with E-state index < -0.39 is 0 Å². The maximum Gasteiger partial charge on any atom is 0.236 e. The molecule has 0 saturated carbocycles. The minimum atomic E-state index is 0.00896. The van der Waals surface area contributed by atoms with Crippen LogP contribution >= 0.6 is 11.8 Å². The Balaban J connectivity index is 1.96. The minimum Gasteiger partial charge on any atom is -0.381 e. The van der Waals surface area contributed by atoms with Gasteiger partial charge in [-0.15, -0.1) is 11.8 Å². The van der Waals surface area contributed by atoms with Gasteiger partial charge in [-0.25, -0.2) is 0 Å². The number of nitrogens with zero attached hydrogens (tertiary/aromatic N) is 1. The maximum atomic E-state index is 12.8. The van der Waals surface area contributed by atoms with Crippen molar-refractivity contribution in [2.45, 2.75) is 36.8 Å². The molecule has 0 unspecified atom stereocenters. The highest BCUT2D eigenvalue weighted by atomic mass is 32.2. The number of carbonyl (C=O) groups excluding carboxylic acids is 1. The molecule has 2 rings (SSSR count). The van der Waals surface area contributed by atoms with Crippen LogP contribution in [0.2, 0.25) is 0 Å². The highest BCUT2D eigenvalue weighted by Crippen LogP contribution is 2.27. The summed E-state index contributed by atoms with van der Waals surface area (Å²) in [6.45, 7) is 7.40. The molecule has 0 N–H and O–H groups in total. The number of amides is 1. The molecule has 1 aliphatic heterocycles. The van der Waals surface area contributed by atoms with Crippen molar-refractivity contribution in [2.75, 3.05) is 26.3 Å². The standard InChI is InChI=1S/C17H25NO2S/c1-3-16(21-15-8-6-5-7-9-15)17(19)18(4-2)12-14-10-11-20-13-14/h5-9,14,16H,3-4,10-13H2,1-2H3/t14-,16+/m0/s1. The van der Waals surface area contributed by atoms with Gasteiger partial charge < -0.3 is 9.64 Å². The highest BCUT2D eigenvalue weighted by Gasteiger charge is 2.26. The van der Waals surface area contributed by atoms with Gasteiger partial charge in [0.1, 0.15) is 0 Å². The Morgan fingerprint density at radius 1 is 1.38 bits per heavy atom. The summed E-state index contributed by atoms with van der Waals surface area (Å²) in [7, 11) is 0. The first-order valence-corrected chi connectivity index (χ1v) is 8.70. The summed E-state index contributed by atoms with van der Waals surface area (Å²) >= 11 is 1.68. The molecule has 1 aliphatic rings. The zero-order valence-corrected chi connectivity index (χ0v) is 13.8. The molecule has 0 aliphatic carbocycles. The molecule has 116 valence electrons. The van der Waals surface area contributed by atoms with Gasteiger partial charge in [0.25, 0.3) is 0 Å². The average Bonchev–Trinajstić information content (AvgIpc) is 3.03.